The molecule has 1 N–H and O–H groups in total. The second-order valence-corrected chi connectivity index (χ2v) is 21.4. The normalized spacial score (nSPS) is 27.6. The van der Waals surface area contributed by atoms with Crippen molar-refractivity contribution < 1.29 is 18.7 Å². The van der Waals surface area contributed by atoms with Crippen molar-refractivity contribution in [2.75, 3.05) is 13.2 Å². The van der Waals surface area contributed by atoms with Gasteiger partial charge in [0.15, 0.2) is 16.6 Å². The Morgan fingerprint density at radius 2 is 1.59 bits per heavy atom. The predicted octanol–water partition coefficient (Wildman–Crippen LogP) is 6.27. The van der Waals surface area contributed by atoms with Crippen LogP contribution < -0.4 is 0 Å². The number of hydrogen-bond acceptors (Lipinski definition) is 4. The molecule has 1 rings (SSSR count). The van der Waals surface area contributed by atoms with Gasteiger partial charge in [0.25, 0.3) is 0 Å². The van der Waals surface area contributed by atoms with Gasteiger partial charge in [-0.05, 0) is 62.5 Å². The second kappa shape index (κ2) is 10.1. The molecule has 172 valence electrons. The molecule has 0 unspecified atom stereocenters. The van der Waals surface area contributed by atoms with Crippen molar-refractivity contribution in [2.24, 2.45) is 0 Å². The van der Waals surface area contributed by atoms with Crippen LogP contribution in [0.4, 0.5) is 0 Å². The van der Waals surface area contributed by atoms with Gasteiger partial charge in [-0.25, -0.2) is 0 Å². The fourth-order valence-corrected chi connectivity index (χ4v) is 5.35. The lowest BCUT2D eigenvalue weighted by atomic mass is 10.1. The van der Waals surface area contributed by atoms with E-state index in [0.29, 0.717) is 6.61 Å². The highest BCUT2D eigenvalue weighted by atomic mass is 28.4. The molecule has 1 aliphatic heterocycles. The van der Waals surface area contributed by atoms with E-state index in [1.165, 1.54) is 5.57 Å². The van der Waals surface area contributed by atoms with Gasteiger partial charge in [-0.2, -0.15) is 0 Å². The van der Waals surface area contributed by atoms with E-state index < -0.39 is 16.6 Å². The maximum atomic E-state index is 9.92. The van der Waals surface area contributed by atoms with Gasteiger partial charge in [-0.1, -0.05) is 53.2 Å². The highest BCUT2D eigenvalue weighted by Gasteiger charge is 2.43. The summed E-state index contributed by atoms with van der Waals surface area (Å²) in [6.07, 6.45) is 4.57. The average Bonchev–Trinajstić information content (AvgIpc) is 2.60. The molecule has 29 heavy (non-hydrogen) atoms. The smallest absolute Gasteiger partial charge is 0.192 e. The van der Waals surface area contributed by atoms with Gasteiger partial charge in [0, 0.05) is 0 Å². The molecule has 0 aromatic heterocycles. The summed E-state index contributed by atoms with van der Waals surface area (Å²) in [6.45, 7) is 25.4. The first-order valence-electron chi connectivity index (χ1n) is 11.2. The number of rotatable bonds is 6. The zero-order chi connectivity index (χ0) is 22.7. The van der Waals surface area contributed by atoms with Crippen molar-refractivity contribution in [3.05, 3.63) is 11.6 Å². The topological polar surface area (TPSA) is 47.9 Å². The molecule has 0 spiro atoms. The molecule has 0 saturated carbocycles. The Morgan fingerprint density at radius 3 is 2.07 bits per heavy atom. The van der Waals surface area contributed by atoms with Gasteiger partial charge in [0.1, 0.15) is 6.10 Å². The fraction of sp³-hybridized carbons (Fsp3) is 0.913. The Morgan fingerprint density at radius 1 is 1.03 bits per heavy atom. The van der Waals surface area contributed by atoms with Crippen molar-refractivity contribution in [3.8, 4) is 0 Å². The summed E-state index contributed by atoms with van der Waals surface area (Å²) in [5, 5.41) is 10.2. The maximum Gasteiger partial charge on any atom is 0.192 e. The monoisotopic (exact) mass is 444 g/mol. The molecule has 0 amide bonds. The maximum absolute atomic E-state index is 9.92. The first-order valence-corrected chi connectivity index (χ1v) is 17.1. The molecular formula is C23H48O4Si2. The summed E-state index contributed by atoms with van der Waals surface area (Å²) < 4.78 is 19.9. The Hall–Kier alpha value is 0.0138. The molecule has 0 radical (unpaired) electrons. The lowest BCUT2D eigenvalue weighted by Gasteiger charge is -2.43. The Balaban J connectivity index is 3.14. The summed E-state index contributed by atoms with van der Waals surface area (Å²) in [7, 11) is -3.86. The Kier molecular flexibility index (Phi) is 9.41. The Labute approximate surface area is 182 Å². The van der Waals surface area contributed by atoms with Crippen molar-refractivity contribution in [3.63, 3.8) is 0 Å². The minimum atomic E-state index is -1.96. The van der Waals surface area contributed by atoms with Crippen LogP contribution in [0.15, 0.2) is 11.6 Å². The van der Waals surface area contributed by atoms with E-state index in [9.17, 15) is 5.11 Å². The largest absolute Gasteiger partial charge is 0.414 e. The predicted molar refractivity (Wildman–Crippen MR) is 129 cm³/mol. The van der Waals surface area contributed by atoms with Gasteiger partial charge in [0.2, 0.25) is 0 Å². The van der Waals surface area contributed by atoms with Gasteiger partial charge >= 0.3 is 0 Å². The third-order valence-corrected chi connectivity index (χ3v) is 16.2. The lowest BCUT2D eigenvalue weighted by Crippen LogP contribution is -2.51. The quantitative estimate of drug-likeness (QED) is 0.387. The number of hydrogen-bond donors (Lipinski definition) is 1. The highest BCUT2D eigenvalue weighted by Crippen LogP contribution is 2.40. The third kappa shape index (κ3) is 7.89. The number of ether oxygens (including phenoxy) is 1. The van der Waals surface area contributed by atoms with Crippen LogP contribution >= 0.6 is 0 Å². The zero-order valence-corrected chi connectivity index (χ0v) is 23.0. The van der Waals surface area contributed by atoms with Gasteiger partial charge < -0.3 is 18.7 Å². The van der Waals surface area contributed by atoms with Crippen LogP contribution in [-0.4, -0.2) is 53.3 Å². The van der Waals surface area contributed by atoms with Crippen LogP contribution in [0.1, 0.15) is 67.7 Å². The third-order valence-electron chi connectivity index (χ3n) is 7.15. The highest BCUT2D eigenvalue weighted by molar-refractivity contribution is 6.74. The minimum Gasteiger partial charge on any atom is -0.414 e. The second-order valence-electron chi connectivity index (χ2n) is 11.8. The molecule has 0 aromatic carbocycles. The summed E-state index contributed by atoms with van der Waals surface area (Å²) in [4.78, 5) is 0. The van der Waals surface area contributed by atoms with Crippen molar-refractivity contribution in [2.45, 2.75) is 122 Å². The van der Waals surface area contributed by atoms with E-state index in [4.69, 9.17) is 13.6 Å². The van der Waals surface area contributed by atoms with Gasteiger partial charge in [-0.15, -0.1) is 0 Å². The molecule has 6 heteroatoms. The molecule has 1 heterocycles. The van der Waals surface area contributed by atoms with Gasteiger partial charge in [-0.3, -0.25) is 0 Å². The van der Waals surface area contributed by atoms with E-state index in [1.54, 1.807) is 0 Å². The standard InChI is InChI=1S/C23H48O4Si2/c1-18-13-12-14-20(27-29(10,11)23(5,6)7)21(26-19(15-18)16-24)17-25-28(8,9)22(2,3)4/h13,19-21,24H,12,14-17H2,1-11H3/b18-13-/t19-,20-,21-/m1/s1. The summed E-state index contributed by atoms with van der Waals surface area (Å²) in [6, 6.07) is 0. The van der Waals surface area contributed by atoms with Gasteiger partial charge in [0.05, 0.1) is 25.4 Å². The van der Waals surface area contributed by atoms with E-state index >= 15 is 0 Å². The summed E-state index contributed by atoms with van der Waals surface area (Å²) >= 11 is 0. The van der Waals surface area contributed by atoms with Crippen LogP contribution in [-0.2, 0) is 13.6 Å². The number of aliphatic hydroxyl groups excluding tert-OH is 1. The molecule has 0 aromatic rings. The van der Waals surface area contributed by atoms with Crippen LogP contribution in [0.5, 0.6) is 0 Å². The lowest BCUT2D eigenvalue weighted by molar-refractivity contribution is -0.104. The van der Waals surface area contributed by atoms with E-state index in [-0.39, 0.29) is 35.0 Å². The average molecular weight is 445 g/mol. The molecular weight excluding hydrogens is 396 g/mol. The van der Waals surface area contributed by atoms with E-state index in [2.05, 4.69) is 80.7 Å². The van der Waals surface area contributed by atoms with Crippen LogP contribution in [0.3, 0.4) is 0 Å². The first kappa shape index (κ1) is 27.0. The molecule has 0 aliphatic carbocycles. The SMILES string of the molecule is C/C1=C/CC[C@@H](O[Si](C)(C)C(C)(C)C)[C@@H](CO[Si](C)(C)C(C)(C)C)O[C@@H](CO)C1. The molecule has 4 nitrogen and oxygen atoms in total. The van der Waals surface area contributed by atoms with Crippen LogP contribution in [0.2, 0.25) is 36.3 Å². The number of allylic oxidation sites excluding steroid dienone is 1. The van der Waals surface area contributed by atoms with E-state index in [1.807, 2.05) is 0 Å². The number of aliphatic hydroxyl groups is 1. The summed E-state index contributed by atoms with van der Waals surface area (Å²) in [5.41, 5.74) is 1.28. The molecule has 1 aliphatic rings. The van der Waals surface area contributed by atoms with Crippen LogP contribution in [0, 0.1) is 0 Å². The van der Waals surface area contributed by atoms with E-state index in [0.717, 1.165) is 19.3 Å². The van der Waals surface area contributed by atoms with Crippen molar-refractivity contribution in [1.29, 1.82) is 0 Å². The molecule has 0 bridgehead atoms. The Bertz CT molecular complexity index is 544. The zero-order valence-electron chi connectivity index (χ0n) is 21.0. The molecule has 0 fully saturated rings. The first-order chi connectivity index (χ1) is 13.0. The molecule has 0 saturated heterocycles. The molecule has 3 atom stereocenters. The van der Waals surface area contributed by atoms with Crippen molar-refractivity contribution in [1.82, 2.24) is 0 Å². The summed E-state index contributed by atoms with van der Waals surface area (Å²) in [5.74, 6) is 0. The minimum absolute atomic E-state index is 0.0168. The van der Waals surface area contributed by atoms with Crippen molar-refractivity contribution >= 4 is 16.6 Å². The fourth-order valence-electron chi connectivity index (χ4n) is 2.96. The van der Waals surface area contributed by atoms with Crippen LogP contribution in [0.25, 0.3) is 0 Å².